The first-order chi connectivity index (χ1) is 10.8. The molecule has 0 amide bonds. The Kier molecular flexibility index (Phi) is 6.48. The van der Waals surface area contributed by atoms with E-state index in [1.807, 2.05) is 20.8 Å². The van der Waals surface area contributed by atoms with Gasteiger partial charge in [0, 0.05) is 18.7 Å². The summed E-state index contributed by atoms with van der Waals surface area (Å²) in [6, 6.07) is -0.139. The van der Waals surface area contributed by atoms with Crippen LogP contribution in [0.1, 0.15) is 44.0 Å². The third-order valence-electron chi connectivity index (χ3n) is 3.95. The summed E-state index contributed by atoms with van der Waals surface area (Å²) in [6.07, 6.45) is 1.78. The summed E-state index contributed by atoms with van der Waals surface area (Å²) < 4.78 is 30.4. The number of aromatic nitrogens is 2. The van der Waals surface area contributed by atoms with Gasteiger partial charge in [-0.15, -0.1) is 0 Å². The molecule has 1 unspecified atom stereocenters. The van der Waals surface area contributed by atoms with Gasteiger partial charge in [0.15, 0.2) is 9.84 Å². The monoisotopic (exact) mass is 363 g/mol. The summed E-state index contributed by atoms with van der Waals surface area (Å²) in [7, 11) is -2.95. The van der Waals surface area contributed by atoms with Gasteiger partial charge >= 0.3 is 0 Å². The molecule has 2 heterocycles. The Morgan fingerprint density at radius 2 is 2.22 bits per heavy atom. The van der Waals surface area contributed by atoms with E-state index >= 15 is 0 Å². The standard InChI is InChI=1S/C15H26ClN3O3S/c1-11(2)22-7-4-6-17-9-14-12(3)18-19(15(14)16)13-5-8-23(20,21)10-13/h11,13,17H,4-10H2,1-3H3. The van der Waals surface area contributed by atoms with Crippen LogP contribution in [0.25, 0.3) is 0 Å². The zero-order valence-corrected chi connectivity index (χ0v) is 15.6. The highest BCUT2D eigenvalue weighted by Crippen LogP contribution is 2.29. The molecule has 8 heteroatoms. The fourth-order valence-corrected chi connectivity index (χ4v) is 4.77. The topological polar surface area (TPSA) is 73.2 Å². The van der Waals surface area contributed by atoms with E-state index in [0.29, 0.717) is 18.1 Å². The quantitative estimate of drug-likeness (QED) is 0.716. The van der Waals surface area contributed by atoms with Gasteiger partial charge in [-0.1, -0.05) is 11.6 Å². The van der Waals surface area contributed by atoms with Crippen LogP contribution >= 0.6 is 11.6 Å². The van der Waals surface area contributed by atoms with Crippen molar-refractivity contribution in [2.24, 2.45) is 0 Å². The Labute approximate surface area is 143 Å². The highest BCUT2D eigenvalue weighted by Gasteiger charge is 2.31. The lowest BCUT2D eigenvalue weighted by atomic mass is 10.2. The first-order valence-electron chi connectivity index (χ1n) is 8.06. The first-order valence-corrected chi connectivity index (χ1v) is 10.3. The fraction of sp³-hybridized carbons (Fsp3) is 0.800. The van der Waals surface area contributed by atoms with Crippen LogP contribution in [0.15, 0.2) is 0 Å². The minimum Gasteiger partial charge on any atom is -0.379 e. The van der Waals surface area contributed by atoms with E-state index in [4.69, 9.17) is 16.3 Å². The predicted molar refractivity (Wildman–Crippen MR) is 91.7 cm³/mol. The molecule has 0 bridgehead atoms. The van der Waals surface area contributed by atoms with Gasteiger partial charge in [0.2, 0.25) is 0 Å². The van der Waals surface area contributed by atoms with Crippen molar-refractivity contribution in [2.45, 2.75) is 52.3 Å². The maximum atomic E-state index is 11.6. The molecular weight excluding hydrogens is 338 g/mol. The summed E-state index contributed by atoms with van der Waals surface area (Å²) in [6.45, 7) is 8.15. The van der Waals surface area contributed by atoms with Gasteiger partial charge in [-0.25, -0.2) is 13.1 Å². The number of hydrogen-bond donors (Lipinski definition) is 1. The van der Waals surface area contributed by atoms with Crippen LogP contribution in [0.2, 0.25) is 5.15 Å². The Bertz CT molecular complexity index is 628. The van der Waals surface area contributed by atoms with E-state index in [9.17, 15) is 8.42 Å². The molecule has 0 aliphatic carbocycles. The lowest BCUT2D eigenvalue weighted by Crippen LogP contribution is -2.18. The minimum atomic E-state index is -2.95. The summed E-state index contributed by atoms with van der Waals surface area (Å²) in [4.78, 5) is 0. The SMILES string of the molecule is Cc1nn(C2CCS(=O)(=O)C2)c(Cl)c1CNCCCOC(C)C. The Balaban J connectivity index is 1.88. The summed E-state index contributed by atoms with van der Waals surface area (Å²) in [5.74, 6) is 0.351. The van der Waals surface area contributed by atoms with Crippen molar-refractivity contribution in [3.63, 3.8) is 0 Å². The number of halogens is 1. The highest BCUT2D eigenvalue weighted by molar-refractivity contribution is 7.91. The molecular formula is C15H26ClN3O3S. The van der Waals surface area contributed by atoms with Crippen LogP contribution in [0.5, 0.6) is 0 Å². The summed E-state index contributed by atoms with van der Waals surface area (Å²) >= 11 is 6.43. The average molecular weight is 364 g/mol. The largest absolute Gasteiger partial charge is 0.379 e. The molecule has 6 nitrogen and oxygen atoms in total. The van der Waals surface area contributed by atoms with Crippen molar-refractivity contribution in [3.8, 4) is 0 Å². The van der Waals surface area contributed by atoms with Crippen molar-refractivity contribution in [1.29, 1.82) is 0 Å². The van der Waals surface area contributed by atoms with Crippen molar-refractivity contribution in [2.75, 3.05) is 24.7 Å². The maximum Gasteiger partial charge on any atom is 0.152 e. The van der Waals surface area contributed by atoms with E-state index < -0.39 is 9.84 Å². The van der Waals surface area contributed by atoms with Crippen molar-refractivity contribution in [3.05, 3.63) is 16.4 Å². The molecule has 132 valence electrons. The zero-order chi connectivity index (χ0) is 17.0. The molecule has 1 aliphatic rings. The number of sulfone groups is 1. The number of aryl methyl sites for hydroxylation is 1. The second kappa shape index (κ2) is 7.96. The van der Waals surface area contributed by atoms with Gasteiger partial charge in [0.25, 0.3) is 0 Å². The van der Waals surface area contributed by atoms with Gasteiger partial charge in [-0.05, 0) is 40.2 Å². The van der Waals surface area contributed by atoms with Crippen molar-refractivity contribution in [1.82, 2.24) is 15.1 Å². The van der Waals surface area contributed by atoms with Crippen LogP contribution in [-0.2, 0) is 21.1 Å². The molecule has 23 heavy (non-hydrogen) atoms. The molecule has 0 aromatic carbocycles. The van der Waals surface area contributed by atoms with Crippen LogP contribution in [0.4, 0.5) is 0 Å². The summed E-state index contributed by atoms with van der Waals surface area (Å²) in [5, 5.41) is 8.34. The van der Waals surface area contributed by atoms with E-state index in [-0.39, 0.29) is 23.7 Å². The number of hydrogen-bond acceptors (Lipinski definition) is 5. The first kappa shape index (κ1) is 18.7. The van der Waals surface area contributed by atoms with Gasteiger partial charge in [-0.2, -0.15) is 5.10 Å². The van der Waals surface area contributed by atoms with Gasteiger partial charge in [0.05, 0.1) is 29.3 Å². The molecule has 1 aromatic heterocycles. The zero-order valence-electron chi connectivity index (χ0n) is 14.0. The van der Waals surface area contributed by atoms with Crippen LogP contribution in [0, 0.1) is 6.92 Å². The van der Waals surface area contributed by atoms with Gasteiger partial charge in [0.1, 0.15) is 5.15 Å². The smallest absolute Gasteiger partial charge is 0.152 e. The van der Waals surface area contributed by atoms with Gasteiger partial charge in [-0.3, -0.25) is 0 Å². The van der Waals surface area contributed by atoms with E-state index in [1.165, 1.54) is 0 Å². The summed E-state index contributed by atoms with van der Waals surface area (Å²) in [5.41, 5.74) is 1.80. The fourth-order valence-electron chi connectivity index (χ4n) is 2.69. The number of nitrogens with one attached hydrogen (secondary N) is 1. The van der Waals surface area contributed by atoms with E-state index in [2.05, 4.69) is 10.4 Å². The van der Waals surface area contributed by atoms with Crippen LogP contribution in [0.3, 0.4) is 0 Å². The molecule has 1 fully saturated rings. The van der Waals surface area contributed by atoms with Gasteiger partial charge < -0.3 is 10.1 Å². The molecule has 0 spiro atoms. The number of rotatable bonds is 8. The Hall–Kier alpha value is -0.630. The maximum absolute atomic E-state index is 11.6. The molecule has 0 saturated carbocycles. The number of nitrogens with zero attached hydrogens (tertiary/aromatic N) is 2. The van der Waals surface area contributed by atoms with Crippen LogP contribution in [-0.4, -0.2) is 49.0 Å². The second-order valence-corrected chi connectivity index (χ2v) is 8.89. The Morgan fingerprint density at radius 1 is 1.48 bits per heavy atom. The Morgan fingerprint density at radius 3 is 2.83 bits per heavy atom. The molecule has 1 N–H and O–H groups in total. The normalized spacial score (nSPS) is 20.5. The van der Waals surface area contributed by atoms with Crippen molar-refractivity contribution >= 4 is 21.4 Å². The molecule has 1 aromatic rings. The predicted octanol–water partition coefficient (Wildman–Crippen LogP) is 2.11. The number of ether oxygens (including phenoxy) is 1. The average Bonchev–Trinajstić information content (AvgIpc) is 2.95. The lowest BCUT2D eigenvalue weighted by molar-refractivity contribution is 0.0770. The molecule has 1 aliphatic heterocycles. The molecule has 1 saturated heterocycles. The van der Waals surface area contributed by atoms with Crippen molar-refractivity contribution < 1.29 is 13.2 Å². The molecule has 1 atom stereocenters. The highest BCUT2D eigenvalue weighted by atomic mass is 35.5. The third kappa shape index (κ3) is 5.17. The second-order valence-electron chi connectivity index (χ2n) is 6.31. The third-order valence-corrected chi connectivity index (χ3v) is 6.10. The van der Waals surface area contributed by atoms with E-state index in [0.717, 1.165) is 30.8 Å². The lowest BCUT2D eigenvalue weighted by Gasteiger charge is -2.10. The molecule has 0 radical (unpaired) electrons. The molecule has 2 rings (SSSR count). The minimum absolute atomic E-state index is 0.132. The van der Waals surface area contributed by atoms with Crippen LogP contribution < -0.4 is 5.32 Å². The van der Waals surface area contributed by atoms with E-state index in [1.54, 1.807) is 4.68 Å².